The summed E-state index contributed by atoms with van der Waals surface area (Å²) in [4.78, 5) is 0. The maximum atomic E-state index is 6.11. The van der Waals surface area contributed by atoms with Crippen LogP contribution in [0, 0.1) is 0 Å². The fourth-order valence-corrected chi connectivity index (χ4v) is 2.40. The standard InChI is InChI=1S/C12H22BrNO6/c1-15-5-18-9-4-8(13)10(14)12(20-7-17-3)11(9)19-6-16-2/h4,9-12H,5-7,14H2,1-3H3/t9-,10+,11+,12-/m1/s1. The van der Waals surface area contributed by atoms with Crippen molar-refractivity contribution in [1.82, 2.24) is 0 Å². The lowest BCUT2D eigenvalue weighted by molar-refractivity contribution is -0.202. The van der Waals surface area contributed by atoms with Gasteiger partial charge in [0.25, 0.3) is 0 Å². The van der Waals surface area contributed by atoms with Gasteiger partial charge in [0.2, 0.25) is 0 Å². The van der Waals surface area contributed by atoms with Crippen molar-refractivity contribution in [2.45, 2.75) is 24.4 Å². The molecule has 0 radical (unpaired) electrons. The molecule has 1 aliphatic carbocycles. The molecule has 0 aliphatic heterocycles. The Morgan fingerprint density at radius 2 is 1.45 bits per heavy atom. The van der Waals surface area contributed by atoms with Crippen molar-refractivity contribution in [3.05, 3.63) is 10.6 Å². The van der Waals surface area contributed by atoms with Gasteiger partial charge in [-0.2, -0.15) is 0 Å². The first kappa shape index (κ1) is 18.0. The normalized spacial score (nSPS) is 30.4. The number of methoxy groups -OCH3 is 3. The van der Waals surface area contributed by atoms with E-state index in [0.717, 1.165) is 4.48 Å². The van der Waals surface area contributed by atoms with Gasteiger partial charge in [-0.05, 0) is 6.08 Å². The lowest BCUT2D eigenvalue weighted by Crippen LogP contribution is -2.55. The predicted octanol–water partition coefficient (Wildman–Crippen LogP) is 0.573. The Labute approximate surface area is 127 Å². The number of hydrogen-bond acceptors (Lipinski definition) is 7. The lowest BCUT2D eigenvalue weighted by atomic mass is 9.94. The van der Waals surface area contributed by atoms with E-state index in [1.165, 1.54) is 0 Å². The quantitative estimate of drug-likeness (QED) is 0.605. The summed E-state index contributed by atoms with van der Waals surface area (Å²) in [5.74, 6) is 0. The highest BCUT2D eigenvalue weighted by Crippen LogP contribution is 2.28. The van der Waals surface area contributed by atoms with Crippen molar-refractivity contribution in [3.8, 4) is 0 Å². The van der Waals surface area contributed by atoms with Crippen molar-refractivity contribution in [2.75, 3.05) is 41.7 Å². The monoisotopic (exact) mass is 355 g/mol. The molecule has 1 aliphatic rings. The van der Waals surface area contributed by atoms with Gasteiger partial charge in [-0.15, -0.1) is 0 Å². The van der Waals surface area contributed by atoms with Crippen molar-refractivity contribution < 1.29 is 28.4 Å². The van der Waals surface area contributed by atoms with E-state index in [-0.39, 0.29) is 32.5 Å². The molecule has 0 fully saturated rings. The van der Waals surface area contributed by atoms with Crippen molar-refractivity contribution in [1.29, 1.82) is 0 Å². The minimum atomic E-state index is -0.425. The molecule has 0 saturated heterocycles. The molecule has 0 amide bonds. The molecule has 4 atom stereocenters. The van der Waals surface area contributed by atoms with Crippen LogP contribution in [0.1, 0.15) is 0 Å². The van der Waals surface area contributed by atoms with Crippen LogP contribution < -0.4 is 5.73 Å². The third-order valence-electron chi connectivity index (χ3n) is 2.78. The minimum absolute atomic E-state index is 0.114. The molecule has 0 aromatic carbocycles. The van der Waals surface area contributed by atoms with Crippen molar-refractivity contribution in [3.63, 3.8) is 0 Å². The van der Waals surface area contributed by atoms with Crippen molar-refractivity contribution >= 4 is 15.9 Å². The molecule has 8 heteroatoms. The number of halogens is 1. The zero-order valence-electron chi connectivity index (χ0n) is 11.9. The van der Waals surface area contributed by atoms with Gasteiger partial charge in [0, 0.05) is 25.8 Å². The van der Waals surface area contributed by atoms with E-state index in [4.69, 9.17) is 34.2 Å². The van der Waals surface area contributed by atoms with Gasteiger partial charge in [0.1, 0.15) is 38.7 Å². The summed E-state index contributed by atoms with van der Waals surface area (Å²) in [5.41, 5.74) is 6.11. The second-order valence-electron chi connectivity index (χ2n) is 4.19. The third kappa shape index (κ3) is 5.05. The summed E-state index contributed by atoms with van der Waals surface area (Å²) < 4.78 is 32.4. The van der Waals surface area contributed by atoms with Crippen LogP contribution >= 0.6 is 15.9 Å². The highest BCUT2D eigenvalue weighted by molar-refractivity contribution is 9.11. The molecule has 2 N–H and O–H groups in total. The van der Waals surface area contributed by atoms with Gasteiger partial charge in [0.05, 0.1) is 6.04 Å². The molecule has 20 heavy (non-hydrogen) atoms. The third-order valence-corrected chi connectivity index (χ3v) is 3.57. The smallest absolute Gasteiger partial charge is 0.147 e. The van der Waals surface area contributed by atoms with Crippen LogP contribution in [-0.4, -0.2) is 66.1 Å². The van der Waals surface area contributed by atoms with E-state index in [0.29, 0.717) is 0 Å². The molecule has 0 unspecified atom stereocenters. The first-order valence-electron chi connectivity index (χ1n) is 6.10. The average Bonchev–Trinajstić information content (AvgIpc) is 2.45. The summed E-state index contributed by atoms with van der Waals surface area (Å²) in [6, 6.07) is -0.366. The fourth-order valence-electron chi connectivity index (χ4n) is 1.88. The fraction of sp³-hybridized carbons (Fsp3) is 0.833. The summed E-state index contributed by atoms with van der Waals surface area (Å²) in [6.07, 6.45) is 0.639. The Bertz CT molecular complexity index is 304. The molecule has 0 aromatic rings. The lowest BCUT2D eigenvalue weighted by Gasteiger charge is -2.38. The van der Waals surface area contributed by atoms with Gasteiger partial charge < -0.3 is 34.2 Å². The molecule has 7 nitrogen and oxygen atoms in total. The molecule has 0 spiro atoms. The minimum Gasteiger partial charge on any atom is -0.359 e. The number of nitrogens with two attached hydrogens (primary N) is 1. The summed E-state index contributed by atoms with van der Waals surface area (Å²) >= 11 is 3.42. The number of rotatable bonds is 9. The second-order valence-corrected chi connectivity index (χ2v) is 5.11. The Hall–Kier alpha value is -0.0600. The number of hydrogen-bond donors (Lipinski definition) is 1. The van der Waals surface area contributed by atoms with E-state index in [1.54, 1.807) is 21.3 Å². The average molecular weight is 356 g/mol. The van der Waals surface area contributed by atoms with Gasteiger partial charge in [-0.3, -0.25) is 0 Å². The van der Waals surface area contributed by atoms with Gasteiger partial charge in [0.15, 0.2) is 0 Å². The maximum absolute atomic E-state index is 6.11. The molecular formula is C12H22BrNO6. The molecular weight excluding hydrogens is 334 g/mol. The second kappa shape index (κ2) is 9.80. The first-order valence-corrected chi connectivity index (χ1v) is 6.89. The van der Waals surface area contributed by atoms with E-state index in [9.17, 15) is 0 Å². The summed E-state index contributed by atoms with van der Waals surface area (Å²) in [7, 11) is 4.64. The Morgan fingerprint density at radius 3 is 2.00 bits per heavy atom. The highest BCUT2D eigenvalue weighted by atomic mass is 79.9. The maximum Gasteiger partial charge on any atom is 0.147 e. The number of ether oxygens (including phenoxy) is 6. The van der Waals surface area contributed by atoms with E-state index >= 15 is 0 Å². The van der Waals surface area contributed by atoms with E-state index in [2.05, 4.69) is 15.9 Å². The predicted molar refractivity (Wildman–Crippen MR) is 75.2 cm³/mol. The zero-order chi connectivity index (χ0) is 15.0. The molecule has 118 valence electrons. The van der Waals surface area contributed by atoms with Crippen molar-refractivity contribution in [2.24, 2.45) is 5.73 Å². The highest BCUT2D eigenvalue weighted by Gasteiger charge is 2.40. The molecule has 0 bridgehead atoms. The topological polar surface area (TPSA) is 81.4 Å². The summed E-state index contributed by atoms with van der Waals surface area (Å²) in [6.45, 7) is 0.367. The van der Waals surface area contributed by atoms with Crippen LogP contribution in [0.5, 0.6) is 0 Å². The van der Waals surface area contributed by atoms with Gasteiger partial charge in [-0.25, -0.2) is 0 Å². The van der Waals surface area contributed by atoms with Crippen LogP contribution in [0.4, 0.5) is 0 Å². The van der Waals surface area contributed by atoms with Crippen LogP contribution in [0.2, 0.25) is 0 Å². The van der Waals surface area contributed by atoms with Crippen LogP contribution in [0.25, 0.3) is 0 Å². The van der Waals surface area contributed by atoms with Gasteiger partial charge in [-0.1, -0.05) is 15.9 Å². The largest absolute Gasteiger partial charge is 0.359 e. The Morgan fingerprint density at radius 1 is 0.950 bits per heavy atom. The summed E-state index contributed by atoms with van der Waals surface area (Å²) in [5, 5.41) is 0. The first-order chi connectivity index (χ1) is 9.65. The molecule has 0 heterocycles. The SMILES string of the molecule is COCO[C@@H]1[C@H](OCOC)[C@@H](N)C(Br)=C[C@H]1OCOC. The van der Waals surface area contributed by atoms with Crippen LogP contribution in [0.15, 0.2) is 10.6 Å². The van der Waals surface area contributed by atoms with Gasteiger partial charge >= 0.3 is 0 Å². The zero-order valence-corrected chi connectivity index (χ0v) is 13.5. The molecule has 1 rings (SSSR count). The Kier molecular flexibility index (Phi) is 8.82. The van der Waals surface area contributed by atoms with E-state index < -0.39 is 12.2 Å². The molecule has 0 saturated carbocycles. The van der Waals surface area contributed by atoms with Crippen LogP contribution in [-0.2, 0) is 28.4 Å². The van der Waals surface area contributed by atoms with Crippen LogP contribution in [0.3, 0.4) is 0 Å². The van der Waals surface area contributed by atoms with E-state index in [1.807, 2.05) is 6.08 Å². The molecule has 0 aromatic heterocycles. The Balaban J connectivity index is 2.82.